The quantitative estimate of drug-likeness (QED) is 0.407. The van der Waals surface area contributed by atoms with Gasteiger partial charge in [-0.1, -0.05) is 23.4 Å². The second kappa shape index (κ2) is 5.92. The first-order valence-corrected chi connectivity index (χ1v) is 6.95. The average Bonchev–Trinajstić information content (AvgIpc) is 2.81. The molecule has 0 radical (unpaired) electrons. The van der Waals surface area contributed by atoms with Crippen LogP contribution in [0.15, 0.2) is 47.6 Å². The molecule has 0 aromatic heterocycles. The summed E-state index contributed by atoms with van der Waals surface area (Å²) in [4.78, 5) is 25.9. The summed E-state index contributed by atoms with van der Waals surface area (Å²) in [6.07, 6.45) is 1.24. The summed E-state index contributed by atoms with van der Waals surface area (Å²) in [5, 5.41) is 11.7. The van der Waals surface area contributed by atoms with Crippen LogP contribution < -0.4 is 4.74 Å². The molecule has 0 spiro atoms. The van der Waals surface area contributed by atoms with E-state index in [-0.39, 0.29) is 18.4 Å². The molecule has 0 aliphatic carbocycles. The SMILES string of the molecule is COc1ccc(CN2C(=O)c3ccccc3C2=O)cc1/C=N/O. The van der Waals surface area contributed by atoms with Crippen molar-refractivity contribution in [3.63, 3.8) is 0 Å². The van der Waals surface area contributed by atoms with Crippen LogP contribution in [0.25, 0.3) is 0 Å². The summed E-state index contributed by atoms with van der Waals surface area (Å²) < 4.78 is 5.17. The van der Waals surface area contributed by atoms with Crippen molar-refractivity contribution in [2.45, 2.75) is 6.54 Å². The van der Waals surface area contributed by atoms with E-state index in [2.05, 4.69) is 5.16 Å². The molecule has 0 saturated heterocycles. The van der Waals surface area contributed by atoms with Crippen molar-refractivity contribution in [2.24, 2.45) is 5.16 Å². The zero-order chi connectivity index (χ0) is 16.4. The van der Waals surface area contributed by atoms with Gasteiger partial charge in [-0.15, -0.1) is 0 Å². The molecule has 0 bridgehead atoms. The molecular formula is C17H14N2O4. The van der Waals surface area contributed by atoms with Crippen LogP contribution in [-0.4, -0.2) is 35.2 Å². The molecule has 1 aliphatic rings. The highest BCUT2D eigenvalue weighted by Gasteiger charge is 2.34. The van der Waals surface area contributed by atoms with Gasteiger partial charge >= 0.3 is 0 Å². The van der Waals surface area contributed by atoms with E-state index in [1.807, 2.05) is 0 Å². The number of methoxy groups -OCH3 is 1. The molecule has 116 valence electrons. The maximum atomic E-state index is 12.4. The zero-order valence-corrected chi connectivity index (χ0v) is 12.4. The number of carbonyl (C=O) groups excluding carboxylic acids is 2. The Morgan fingerprint density at radius 3 is 2.35 bits per heavy atom. The van der Waals surface area contributed by atoms with Gasteiger partial charge in [-0.05, 0) is 29.8 Å². The van der Waals surface area contributed by atoms with Crippen molar-refractivity contribution < 1.29 is 19.5 Å². The fourth-order valence-corrected chi connectivity index (χ4v) is 2.61. The minimum Gasteiger partial charge on any atom is -0.496 e. The molecule has 1 aliphatic heterocycles. The maximum absolute atomic E-state index is 12.4. The Kier molecular flexibility index (Phi) is 3.80. The smallest absolute Gasteiger partial charge is 0.261 e. The van der Waals surface area contributed by atoms with E-state index in [1.165, 1.54) is 18.2 Å². The summed E-state index contributed by atoms with van der Waals surface area (Å²) in [5.41, 5.74) is 2.13. The molecule has 0 unspecified atom stereocenters. The largest absolute Gasteiger partial charge is 0.496 e. The number of amides is 2. The molecule has 0 fully saturated rings. The monoisotopic (exact) mass is 310 g/mol. The predicted molar refractivity (Wildman–Crippen MR) is 83.0 cm³/mol. The third-order valence-corrected chi connectivity index (χ3v) is 3.71. The van der Waals surface area contributed by atoms with Gasteiger partial charge in [-0.2, -0.15) is 0 Å². The molecule has 2 aromatic rings. The van der Waals surface area contributed by atoms with E-state index in [4.69, 9.17) is 9.94 Å². The third kappa shape index (κ3) is 2.55. The molecule has 0 atom stereocenters. The molecular weight excluding hydrogens is 296 g/mol. The number of carbonyl (C=O) groups is 2. The Balaban J connectivity index is 1.90. The summed E-state index contributed by atoms with van der Waals surface area (Å²) >= 11 is 0. The van der Waals surface area contributed by atoms with Crippen LogP contribution in [0.5, 0.6) is 5.75 Å². The number of oxime groups is 1. The minimum atomic E-state index is -0.307. The third-order valence-electron chi connectivity index (χ3n) is 3.71. The highest BCUT2D eigenvalue weighted by atomic mass is 16.5. The Bertz CT molecular complexity index is 779. The number of nitrogens with zero attached hydrogens (tertiary/aromatic N) is 2. The minimum absolute atomic E-state index is 0.141. The van der Waals surface area contributed by atoms with Crippen molar-refractivity contribution in [3.05, 3.63) is 64.7 Å². The number of hydrogen-bond acceptors (Lipinski definition) is 5. The lowest BCUT2D eigenvalue weighted by molar-refractivity contribution is 0.0642. The van der Waals surface area contributed by atoms with Crippen molar-refractivity contribution in [1.29, 1.82) is 0 Å². The van der Waals surface area contributed by atoms with Gasteiger partial charge in [0.25, 0.3) is 11.8 Å². The van der Waals surface area contributed by atoms with Gasteiger partial charge < -0.3 is 9.94 Å². The topological polar surface area (TPSA) is 79.2 Å². The highest BCUT2D eigenvalue weighted by molar-refractivity contribution is 6.21. The van der Waals surface area contributed by atoms with Gasteiger partial charge in [0.15, 0.2) is 0 Å². The van der Waals surface area contributed by atoms with Crippen LogP contribution in [0.3, 0.4) is 0 Å². The molecule has 6 heteroatoms. The lowest BCUT2D eigenvalue weighted by atomic mass is 10.1. The number of imide groups is 1. The van der Waals surface area contributed by atoms with Crippen LogP contribution in [0.1, 0.15) is 31.8 Å². The molecule has 2 amide bonds. The van der Waals surface area contributed by atoms with Crippen molar-refractivity contribution in [3.8, 4) is 5.75 Å². The van der Waals surface area contributed by atoms with Gasteiger partial charge in [0.1, 0.15) is 5.75 Å². The first kappa shape index (κ1) is 14.8. The molecule has 6 nitrogen and oxygen atoms in total. The Morgan fingerprint density at radius 1 is 1.13 bits per heavy atom. The summed E-state index contributed by atoms with van der Waals surface area (Å²) in [5.74, 6) is -0.0773. The summed E-state index contributed by atoms with van der Waals surface area (Å²) in [7, 11) is 1.51. The Morgan fingerprint density at radius 2 is 1.78 bits per heavy atom. The van der Waals surface area contributed by atoms with Crippen LogP contribution in [0.2, 0.25) is 0 Å². The second-order valence-corrected chi connectivity index (χ2v) is 5.06. The van der Waals surface area contributed by atoms with Gasteiger partial charge in [0, 0.05) is 5.56 Å². The summed E-state index contributed by atoms with van der Waals surface area (Å²) in [6, 6.07) is 11.9. The second-order valence-electron chi connectivity index (χ2n) is 5.06. The number of ether oxygens (including phenoxy) is 1. The van der Waals surface area contributed by atoms with E-state index in [9.17, 15) is 9.59 Å². The first-order valence-electron chi connectivity index (χ1n) is 6.95. The molecule has 1 N–H and O–H groups in total. The number of rotatable bonds is 4. The van der Waals surface area contributed by atoms with E-state index >= 15 is 0 Å². The lowest BCUT2D eigenvalue weighted by Gasteiger charge is -2.15. The molecule has 2 aromatic carbocycles. The molecule has 0 saturated carbocycles. The highest BCUT2D eigenvalue weighted by Crippen LogP contribution is 2.25. The van der Waals surface area contributed by atoms with Crippen molar-refractivity contribution in [2.75, 3.05) is 7.11 Å². The van der Waals surface area contributed by atoms with Gasteiger partial charge in [0.2, 0.25) is 0 Å². The van der Waals surface area contributed by atoms with E-state index < -0.39 is 0 Å². The molecule has 1 heterocycles. The van der Waals surface area contributed by atoms with Gasteiger partial charge in [0.05, 0.1) is 31.0 Å². The zero-order valence-electron chi connectivity index (χ0n) is 12.4. The van der Waals surface area contributed by atoms with Crippen LogP contribution in [-0.2, 0) is 6.54 Å². The van der Waals surface area contributed by atoms with E-state index in [0.29, 0.717) is 22.4 Å². The average molecular weight is 310 g/mol. The van der Waals surface area contributed by atoms with Gasteiger partial charge in [-0.25, -0.2) is 0 Å². The molecule has 3 rings (SSSR count). The van der Waals surface area contributed by atoms with Crippen LogP contribution >= 0.6 is 0 Å². The van der Waals surface area contributed by atoms with E-state index in [0.717, 1.165) is 5.56 Å². The van der Waals surface area contributed by atoms with Gasteiger partial charge in [-0.3, -0.25) is 14.5 Å². The number of hydrogen-bond donors (Lipinski definition) is 1. The molecule has 23 heavy (non-hydrogen) atoms. The van der Waals surface area contributed by atoms with Crippen LogP contribution in [0, 0.1) is 0 Å². The fourth-order valence-electron chi connectivity index (χ4n) is 2.61. The first-order chi connectivity index (χ1) is 11.2. The van der Waals surface area contributed by atoms with Crippen molar-refractivity contribution >= 4 is 18.0 Å². The predicted octanol–water partition coefficient (Wildman–Crippen LogP) is 2.30. The summed E-state index contributed by atoms with van der Waals surface area (Å²) in [6.45, 7) is 0.141. The Hall–Kier alpha value is -3.15. The van der Waals surface area contributed by atoms with E-state index in [1.54, 1.807) is 42.5 Å². The van der Waals surface area contributed by atoms with Crippen molar-refractivity contribution in [1.82, 2.24) is 4.90 Å². The maximum Gasteiger partial charge on any atom is 0.261 e. The van der Waals surface area contributed by atoms with Crippen LogP contribution in [0.4, 0.5) is 0 Å². The fraction of sp³-hybridized carbons (Fsp3) is 0.118. The number of benzene rings is 2. The number of fused-ring (bicyclic) bond motifs is 1. The Labute approximate surface area is 132 Å². The standard InChI is InChI=1S/C17H14N2O4/c1-23-15-7-6-11(8-12(15)9-18-22)10-19-16(20)13-4-2-3-5-14(13)17(19)21/h2-9,22H,10H2,1H3/b18-9+. The lowest BCUT2D eigenvalue weighted by Crippen LogP contribution is -2.29. The normalized spacial score (nSPS) is 13.7.